The third-order valence-electron chi connectivity index (χ3n) is 12.5. The van der Waals surface area contributed by atoms with Crippen LogP contribution in [0.3, 0.4) is 0 Å². The zero-order chi connectivity index (χ0) is 51.7. The molecule has 2 heterocycles. The molecule has 71 heavy (non-hydrogen) atoms. The second-order valence-corrected chi connectivity index (χ2v) is 18.6. The molecule has 9 N–H and O–H groups in total. The molecule has 0 aromatic rings. The molecule has 0 aliphatic carbocycles. The normalized spacial score (nSPS) is 26.6. The number of nitrogens with one attached hydrogen (secondary N) is 1. The maximum absolute atomic E-state index is 13.2. The van der Waals surface area contributed by atoms with Crippen molar-refractivity contribution in [2.75, 3.05) is 19.8 Å². The van der Waals surface area contributed by atoms with E-state index in [0.717, 1.165) is 89.9 Å². The first kappa shape index (κ1) is 64.0. The van der Waals surface area contributed by atoms with Crippen molar-refractivity contribution in [1.82, 2.24) is 5.32 Å². The Kier molecular flexibility index (Phi) is 38.1. The number of allylic oxidation sites excluding steroid dienone is 15. The van der Waals surface area contributed by atoms with Gasteiger partial charge in [0.05, 0.1) is 32.0 Å². The second-order valence-electron chi connectivity index (χ2n) is 18.6. The molecule has 14 nitrogen and oxygen atoms in total. The van der Waals surface area contributed by atoms with E-state index in [1.54, 1.807) is 6.08 Å². The summed E-state index contributed by atoms with van der Waals surface area (Å²) in [6.07, 6.45) is 40.2. The molecule has 0 saturated carbocycles. The van der Waals surface area contributed by atoms with Crippen molar-refractivity contribution in [3.63, 3.8) is 0 Å². The number of carbonyl (C=O) groups excluding carboxylic acids is 1. The van der Waals surface area contributed by atoms with Gasteiger partial charge in [0.1, 0.15) is 48.8 Å². The lowest BCUT2D eigenvalue weighted by Crippen LogP contribution is -2.65. The van der Waals surface area contributed by atoms with E-state index in [4.69, 9.17) is 18.9 Å². The minimum absolute atomic E-state index is 0.250. The predicted octanol–water partition coefficient (Wildman–Crippen LogP) is 7.93. The molecular formula is C57H95NO13. The monoisotopic (exact) mass is 1000 g/mol. The summed E-state index contributed by atoms with van der Waals surface area (Å²) in [6.45, 7) is 2.60. The fourth-order valence-corrected chi connectivity index (χ4v) is 8.13. The van der Waals surface area contributed by atoms with E-state index in [1.165, 1.54) is 38.5 Å². The van der Waals surface area contributed by atoms with Gasteiger partial charge < -0.3 is 65.1 Å². The van der Waals surface area contributed by atoms with E-state index in [-0.39, 0.29) is 18.9 Å². The number of unbranched alkanes of at least 4 members (excludes halogenated alkanes) is 13. The summed E-state index contributed by atoms with van der Waals surface area (Å²) in [7, 11) is 0. The minimum atomic E-state index is -1.80. The van der Waals surface area contributed by atoms with Crippen molar-refractivity contribution in [2.45, 2.75) is 235 Å². The molecule has 406 valence electrons. The lowest BCUT2D eigenvalue weighted by Gasteiger charge is -2.46. The number of amides is 1. The van der Waals surface area contributed by atoms with Crippen molar-refractivity contribution in [1.29, 1.82) is 0 Å². The van der Waals surface area contributed by atoms with Gasteiger partial charge >= 0.3 is 0 Å². The Morgan fingerprint density at radius 1 is 0.521 bits per heavy atom. The molecule has 2 rings (SSSR count). The van der Waals surface area contributed by atoms with Crippen LogP contribution in [-0.2, 0) is 23.7 Å². The highest BCUT2D eigenvalue weighted by Crippen LogP contribution is 2.30. The van der Waals surface area contributed by atoms with Gasteiger partial charge in [0, 0.05) is 6.42 Å². The average molecular weight is 1000 g/mol. The Balaban J connectivity index is 1.79. The highest BCUT2D eigenvalue weighted by atomic mass is 16.7. The maximum atomic E-state index is 13.2. The molecule has 14 heteroatoms. The van der Waals surface area contributed by atoms with Crippen molar-refractivity contribution in [2.24, 2.45) is 0 Å². The van der Waals surface area contributed by atoms with Gasteiger partial charge in [-0.15, -0.1) is 0 Å². The van der Waals surface area contributed by atoms with Crippen LogP contribution in [-0.4, -0.2) is 140 Å². The smallest absolute Gasteiger partial charge is 0.220 e. The number of aliphatic hydroxyl groups excluding tert-OH is 8. The van der Waals surface area contributed by atoms with Gasteiger partial charge in [0.15, 0.2) is 12.6 Å². The summed E-state index contributed by atoms with van der Waals surface area (Å²) >= 11 is 0. The van der Waals surface area contributed by atoms with Gasteiger partial charge in [-0.1, -0.05) is 169 Å². The van der Waals surface area contributed by atoms with Crippen molar-refractivity contribution in [3.8, 4) is 0 Å². The van der Waals surface area contributed by atoms with Crippen molar-refractivity contribution in [3.05, 3.63) is 97.2 Å². The molecule has 12 atom stereocenters. The van der Waals surface area contributed by atoms with Gasteiger partial charge in [-0.05, 0) is 83.5 Å². The van der Waals surface area contributed by atoms with E-state index in [0.29, 0.717) is 12.8 Å². The Bertz CT molecular complexity index is 1560. The minimum Gasteiger partial charge on any atom is -0.394 e. The van der Waals surface area contributed by atoms with Gasteiger partial charge in [-0.2, -0.15) is 0 Å². The van der Waals surface area contributed by atoms with Crippen LogP contribution in [0.25, 0.3) is 0 Å². The number of hydrogen-bond donors (Lipinski definition) is 9. The third-order valence-corrected chi connectivity index (χ3v) is 12.5. The van der Waals surface area contributed by atoms with Crippen LogP contribution < -0.4 is 5.32 Å². The van der Waals surface area contributed by atoms with Crippen LogP contribution in [0.15, 0.2) is 97.2 Å². The zero-order valence-corrected chi connectivity index (χ0v) is 43.2. The molecule has 2 saturated heterocycles. The van der Waals surface area contributed by atoms with Crippen LogP contribution in [0.2, 0.25) is 0 Å². The zero-order valence-electron chi connectivity index (χ0n) is 43.2. The van der Waals surface area contributed by atoms with Crippen molar-refractivity contribution < 1.29 is 64.6 Å². The highest BCUT2D eigenvalue weighted by Gasteiger charge is 2.51. The molecule has 0 aromatic heterocycles. The third kappa shape index (κ3) is 28.8. The molecule has 2 aliphatic rings. The van der Waals surface area contributed by atoms with E-state index in [9.17, 15) is 45.6 Å². The molecular weight excluding hydrogens is 907 g/mol. The van der Waals surface area contributed by atoms with E-state index >= 15 is 0 Å². The van der Waals surface area contributed by atoms with Crippen LogP contribution in [0, 0.1) is 0 Å². The first-order valence-corrected chi connectivity index (χ1v) is 27.0. The first-order valence-electron chi connectivity index (χ1n) is 27.0. The second kappa shape index (κ2) is 42.3. The predicted molar refractivity (Wildman–Crippen MR) is 281 cm³/mol. The number of carbonyl (C=O) groups is 1. The van der Waals surface area contributed by atoms with E-state index in [2.05, 4.69) is 104 Å². The standard InChI is InChI=1S/C57H95NO13/c1-3-5-7-9-11-13-15-17-18-19-20-21-22-23-24-25-26-27-28-29-31-33-35-37-39-41-49(62)58-45(46(61)40-38-36-34-32-30-16-14-12-10-8-6-4-2)44-68-56-54(67)52(65)55(48(43-60)70-56)71-57-53(66)51(64)50(63)47(42-59)69-57/h5,7,11,13,17-18,20-21,23-24,26-27,30,32,38,40,45-48,50-57,59-61,63-67H,3-4,6,8-10,12,14-16,19,22,25,28-29,31,33-37,39,41-44H2,1-2H3,(H,58,62)/b7-5-,13-11-,18-17-,21-20-,24-23-,27-26-,32-30+,40-38+. The summed E-state index contributed by atoms with van der Waals surface area (Å²) < 4.78 is 22.7. The summed E-state index contributed by atoms with van der Waals surface area (Å²) in [5.41, 5.74) is 0. The number of hydrogen-bond acceptors (Lipinski definition) is 13. The molecule has 0 aromatic carbocycles. The number of rotatable bonds is 40. The van der Waals surface area contributed by atoms with Gasteiger partial charge in [-0.3, -0.25) is 4.79 Å². The number of aliphatic hydroxyl groups is 8. The van der Waals surface area contributed by atoms with Crippen LogP contribution >= 0.6 is 0 Å². The number of ether oxygens (including phenoxy) is 4. The van der Waals surface area contributed by atoms with Crippen LogP contribution in [0.4, 0.5) is 0 Å². The Morgan fingerprint density at radius 2 is 0.986 bits per heavy atom. The van der Waals surface area contributed by atoms with Gasteiger partial charge in [0.2, 0.25) is 5.91 Å². The summed E-state index contributed by atoms with van der Waals surface area (Å²) in [6, 6.07) is -0.945. The summed E-state index contributed by atoms with van der Waals surface area (Å²) in [5.74, 6) is -0.271. The fraction of sp³-hybridized carbons (Fsp3) is 0.702. The molecule has 2 aliphatic heterocycles. The van der Waals surface area contributed by atoms with E-state index < -0.39 is 86.8 Å². The van der Waals surface area contributed by atoms with Gasteiger partial charge in [0.25, 0.3) is 0 Å². The Hall–Kier alpha value is -3.09. The average Bonchev–Trinajstić information content (AvgIpc) is 3.37. The van der Waals surface area contributed by atoms with Gasteiger partial charge in [-0.25, -0.2) is 0 Å². The fourth-order valence-electron chi connectivity index (χ4n) is 8.13. The van der Waals surface area contributed by atoms with Crippen LogP contribution in [0.5, 0.6) is 0 Å². The molecule has 2 fully saturated rings. The molecule has 0 bridgehead atoms. The quantitative estimate of drug-likeness (QED) is 0.0210. The topological polar surface area (TPSA) is 228 Å². The lowest BCUT2D eigenvalue weighted by atomic mass is 9.97. The molecule has 0 spiro atoms. The van der Waals surface area contributed by atoms with E-state index in [1.807, 2.05) is 6.08 Å². The first-order chi connectivity index (χ1) is 34.6. The molecule has 12 unspecified atom stereocenters. The Labute approximate surface area is 426 Å². The maximum Gasteiger partial charge on any atom is 0.220 e. The van der Waals surface area contributed by atoms with Crippen molar-refractivity contribution >= 4 is 5.91 Å². The van der Waals surface area contributed by atoms with Crippen LogP contribution in [0.1, 0.15) is 162 Å². The summed E-state index contributed by atoms with van der Waals surface area (Å²) in [5, 5.41) is 86.7. The highest BCUT2D eigenvalue weighted by molar-refractivity contribution is 5.76. The molecule has 1 amide bonds. The molecule has 0 radical (unpaired) electrons. The summed E-state index contributed by atoms with van der Waals surface area (Å²) in [4.78, 5) is 13.2. The SMILES string of the molecule is CC/C=C\C/C=C\C/C=C\C/C=C\C/C=C\C/C=C\CCCCCCCCC(=O)NC(COC1OC(CO)C(OC2OC(CO)C(O)C(O)C2O)C(O)C1O)C(O)/C=C/CC/C=C/CCCCCCCC. The Morgan fingerprint density at radius 3 is 1.55 bits per heavy atom. The lowest BCUT2D eigenvalue weighted by molar-refractivity contribution is -0.359. The largest absolute Gasteiger partial charge is 0.394 e.